The SMILES string of the molecule is COc1cc(NC2CCN(c3nc(C)nc4c3cnn4C)CC2)ncn1. The van der Waals surface area contributed by atoms with Gasteiger partial charge in [-0.15, -0.1) is 0 Å². The molecule has 9 nitrogen and oxygen atoms in total. The third-order valence-corrected chi connectivity index (χ3v) is 4.68. The number of aromatic nitrogens is 6. The van der Waals surface area contributed by atoms with E-state index in [1.54, 1.807) is 11.8 Å². The highest BCUT2D eigenvalue weighted by molar-refractivity contribution is 5.87. The Kier molecular flexibility index (Phi) is 4.27. The molecule has 0 saturated carbocycles. The first-order chi connectivity index (χ1) is 12.6. The fourth-order valence-corrected chi connectivity index (χ4v) is 3.33. The first-order valence-corrected chi connectivity index (χ1v) is 8.68. The number of nitrogens with zero attached hydrogens (tertiary/aromatic N) is 7. The number of fused-ring (bicyclic) bond motifs is 1. The zero-order chi connectivity index (χ0) is 18.1. The van der Waals surface area contributed by atoms with Crippen molar-refractivity contribution in [1.82, 2.24) is 29.7 Å². The molecule has 0 bridgehead atoms. The summed E-state index contributed by atoms with van der Waals surface area (Å²) < 4.78 is 6.95. The standard InChI is InChI=1S/C17H22N8O/c1-11-21-16-13(9-20-24(16)2)17(22-11)25-6-4-12(5-7-25)23-14-8-15(26-3)19-10-18-14/h8-10,12H,4-7H2,1-3H3,(H,18,19,23). The lowest BCUT2D eigenvalue weighted by Gasteiger charge is -2.33. The molecule has 9 heteroatoms. The molecule has 0 spiro atoms. The van der Waals surface area contributed by atoms with Crippen LogP contribution in [0.25, 0.3) is 11.0 Å². The van der Waals surface area contributed by atoms with Gasteiger partial charge in [0.15, 0.2) is 5.65 Å². The van der Waals surface area contributed by atoms with Crippen LogP contribution in [0.15, 0.2) is 18.6 Å². The average Bonchev–Trinajstić information content (AvgIpc) is 3.03. The Morgan fingerprint density at radius 2 is 2.00 bits per heavy atom. The predicted molar refractivity (Wildman–Crippen MR) is 98.5 cm³/mol. The Hall–Kier alpha value is -2.97. The van der Waals surface area contributed by atoms with E-state index in [4.69, 9.17) is 4.74 Å². The maximum absolute atomic E-state index is 5.15. The molecule has 3 aromatic heterocycles. The predicted octanol–water partition coefficient (Wildman–Crippen LogP) is 1.55. The van der Waals surface area contributed by atoms with Gasteiger partial charge in [0.25, 0.3) is 0 Å². The number of methoxy groups -OCH3 is 1. The fourth-order valence-electron chi connectivity index (χ4n) is 3.33. The first kappa shape index (κ1) is 16.5. The molecule has 1 N–H and O–H groups in total. The van der Waals surface area contributed by atoms with Crippen LogP contribution in [0.2, 0.25) is 0 Å². The molecular weight excluding hydrogens is 332 g/mol. The van der Waals surface area contributed by atoms with Gasteiger partial charge in [0.1, 0.15) is 23.8 Å². The Morgan fingerprint density at radius 1 is 1.19 bits per heavy atom. The minimum absolute atomic E-state index is 0.359. The topological polar surface area (TPSA) is 93.9 Å². The second-order valence-electron chi connectivity index (χ2n) is 6.45. The molecule has 0 aliphatic carbocycles. The van der Waals surface area contributed by atoms with Crippen molar-refractivity contribution in [2.45, 2.75) is 25.8 Å². The van der Waals surface area contributed by atoms with Gasteiger partial charge in [-0.3, -0.25) is 4.68 Å². The van der Waals surface area contributed by atoms with Gasteiger partial charge in [-0.1, -0.05) is 0 Å². The van der Waals surface area contributed by atoms with Crippen LogP contribution in [0.1, 0.15) is 18.7 Å². The van der Waals surface area contributed by atoms with Crippen molar-refractivity contribution in [3.8, 4) is 5.88 Å². The summed E-state index contributed by atoms with van der Waals surface area (Å²) in [4.78, 5) is 19.8. The van der Waals surface area contributed by atoms with E-state index in [2.05, 4.69) is 35.3 Å². The lowest BCUT2D eigenvalue weighted by atomic mass is 10.0. The summed E-state index contributed by atoms with van der Waals surface area (Å²) >= 11 is 0. The van der Waals surface area contributed by atoms with Gasteiger partial charge in [-0.25, -0.2) is 19.9 Å². The van der Waals surface area contributed by atoms with Gasteiger partial charge in [0.05, 0.1) is 18.7 Å². The van der Waals surface area contributed by atoms with E-state index in [0.29, 0.717) is 11.9 Å². The summed E-state index contributed by atoms with van der Waals surface area (Å²) in [6, 6.07) is 2.18. The van der Waals surface area contributed by atoms with E-state index < -0.39 is 0 Å². The first-order valence-electron chi connectivity index (χ1n) is 8.68. The van der Waals surface area contributed by atoms with Gasteiger partial charge in [-0.05, 0) is 19.8 Å². The van der Waals surface area contributed by atoms with Crippen molar-refractivity contribution in [2.75, 3.05) is 30.4 Å². The molecule has 4 rings (SSSR count). The molecule has 3 aromatic rings. The molecule has 1 fully saturated rings. The maximum atomic E-state index is 5.15. The van der Waals surface area contributed by atoms with Crippen LogP contribution in [-0.4, -0.2) is 56.0 Å². The monoisotopic (exact) mass is 354 g/mol. The van der Waals surface area contributed by atoms with Gasteiger partial charge in [0, 0.05) is 32.2 Å². The molecule has 1 aliphatic rings. The minimum atomic E-state index is 0.359. The maximum Gasteiger partial charge on any atom is 0.218 e. The zero-order valence-electron chi connectivity index (χ0n) is 15.2. The van der Waals surface area contributed by atoms with E-state index >= 15 is 0 Å². The van der Waals surface area contributed by atoms with Crippen molar-refractivity contribution in [1.29, 1.82) is 0 Å². The van der Waals surface area contributed by atoms with Crippen molar-refractivity contribution in [3.63, 3.8) is 0 Å². The normalized spacial score (nSPS) is 15.4. The molecule has 4 heterocycles. The summed E-state index contributed by atoms with van der Waals surface area (Å²) in [5, 5.41) is 8.81. The third kappa shape index (κ3) is 3.12. The van der Waals surface area contributed by atoms with Gasteiger partial charge in [-0.2, -0.15) is 5.10 Å². The summed E-state index contributed by atoms with van der Waals surface area (Å²) in [5.74, 6) is 3.10. The Morgan fingerprint density at radius 3 is 2.77 bits per heavy atom. The van der Waals surface area contributed by atoms with E-state index in [9.17, 15) is 0 Å². The molecule has 26 heavy (non-hydrogen) atoms. The van der Waals surface area contributed by atoms with Crippen LogP contribution in [0, 0.1) is 6.92 Å². The number of rotatable bonds is 4. The molecule has 0 amide bonds. The summed E-state index contributed by atoms with van der Waals surface area (Å²) in [6.45, 7) is 3.76. The van der Waals surface area contributed by atoms with Crippen LogP contribution in [-0.2, 0) is 7.05 Å². The highest BCUT2D eigenvalue weighted by Crippen LogP contribution is 2.27. The van der Waals surface area contributed by atoms with Gasteiger partial charge >= 0.3 is 0 Å². The summed E-state index contributed by atoms with van der Waals surface area (Å²) in [7, 11) is 3.51. The number of aryl methyl sites for hydroxylation is 2. The van der Waals surface area contributed by atoms with E-state index in [1.807, 2.05) is 26.2 Å². The lowest BCUT2D eigenvalue weighted by molar-refractivity contribution is 0.397. The number of nitrogens with one attached hydrogen (secondary N) is 1. The Balaban J connectivity index is 1.47. The molecule has 1 aliphatic heterocycles. The highest BCUT2D eigenvalue weighted by Gasteiger charge is 2.23. The zero-order valence-corrected chi connectivity index (χ0v) is 15.2. The quantitative estimate of drug-likeness (QED) is 0.754. The van der Waals surface area contributed by atoms with Crippen LogP contribution in [0.5, 0.6) is 5.88 Å². The Bertz CT molecular complexity index is 916. The molecule has 0 radical (unpaired) electrons. The van der Waals surface area contributed by atoms with Crippen LogP contribution in [0.4, 0.5) is 11.6 Å². The Labute approximate surface area is 151 Å². The summed E-state index contributed by atoms with van der Waals surface area (Å²) in [6.07, 6.45) is 5.36. The fraction of sp³-hybridized carbons (Fsp3) is 0.471. The van der Waals surface area contributed by atoms with E-state index in [0.717, 1.165) is 54.4 Å². The number of ether oxygens (including phenoxy) is 1. The number of piperidine rings is 1. The van der Waals surface area contributed by atoms with Gasteiger partial charge < -0.3 is 15.0 Å². The second kappa shape index (κ2) is 6.74. The second-order valence-corrected chi connectivity index (χ2v) is 6.45. The van der Waals surface area contributed by atoms with Crippen LogP contribution >= 0.6 is 0 Å². The summed E-state index contributed by atoms with van der Waals surface area (Å²) in [5.41, 5.74) is 0.876. The number of hydrogen-bond acceptors (Lipinski definition) is 8. The lowest BCUT2D eigenvalue weighted by Crippen LogP contribution is -2.39. The molecule has 1 saturated heterocycles. The van der Waals surface area contributed by atoms with E-state index in [1.165, 1.54) is 6.33 Å². The third-order valence-electron chi connectivity index (χ3n) is 4.68. The number of anilines is 2. The van der Waals surface area contributed by atoms with Gasteiger partial charge in [0.2, 0.25) is 5.88 Å². The van der Waals surface area contributed by atoms with Crippen molar-refractivity contribution in [3.05, 3.63) is 24.4 Å². The highest BCUT2D eigenvalue weighted by atomic mass is 16.5. The van der Waals surface area contributed by atoms with Crippen molar-refractivity contribution < 1.29 is 4.74 Å². The molecule has 136 valence electrons. The molecule has 0 atom stereocenters. The van der Waals surface area contributed by atoms with E-state index in [-0.39, 0.29) is 0 Å². The van der Waals surface area contributed by atoms with Crippen molar-refractivity contribution in [2.24, 2.45) is 7.05 Å². The minimum Gasteiger partial charge on any atom is -0.481 e. The largest absolute Gasteiger partial charge is 0.481 e. The average molecular weight is 354 g/mol. The smallest absolute Gasteiger partial charge is 0.218 e. The van der Waals surface area contributed by atoms with Crippen LogP contribution < -0.4 is 15.0 Å². The van der Waals surface area contributed by atoms with Crippen LogP contribution in [0.3, 0.4) is 0 Å². The number of hydrogen-bond donors (Lipinski definition) is 1. The molecular formula is C17H22N8O. The molecule has 0 aromatic carbocycles. The molecule has 0 unspecified atom stereocenters. The van der Waals surface area contributed by atoms with Crippen molar-refractivity contribution >= 4 is 22.7 Å².